The number of aliphatic hydroxyl groups is 2. The van der Waals surface area contributed by atoms with Crippen LogP contribution in [0.2, 0.25) is 0 Å². The Kier molecular flexibility index (Phi) is 8.31. The number of amides is 1. The van der Waals surface area contributed by atoms with Crippen molar-refractivity contribution in [3.63, 3.8) is 0 Å². The van der Waals surface area contributed by atoms with Crippen molar-refractivity contribution in [3.8, 4) is 0 Å². The van der Waals surface area contributed by atoms with Gasteiger partial charge in [-0.15, -0.1) is 0 Å². The predicted octanol–water partition coefficient (Wildman–Crippen LogP) is 2.22. The third kappa shape index (κ3) is 6.88. The Hall–Kier alpha value is -2.55. The van der Waals surface area contributed by atoms with Crippen molar-refractivity contribution in [2.45, 2.75) is 31.0 Å². The summed E-state index contributed by atoms with van der Waals surface area (Å²) in [7, 11) is 0. The van der Waals surface area contributed by atoms with Crippen LogP contribution in [0.1, 0.15) is 23.6 Å². The Labute approximate surface area is 161 Å². The van der Waals surface area contributed by atoms with Crippen LogP contribution in [-0.2, 0) is 6.42 Å². The molecular weight excluding hydrogens is 370 g/mol. The van der Waals surface area contributed by atoms with Crippen molar-refractivity contribution in [3.05, 3.63) is 71.3 Å². The molecule has 2 rings (SSSR count). The van der Waals surface area contributed by atoms with Gasteiger partial charge in [0, 0.05) is 25.3 Å². The summed E-state index contributed by atoms with van der Waals surface area (Å²) >= 11 is 0. The van der Waals surface area contributed by atoms with Crippen molar-refractivity contribution >= 4 is 6.09 Å². The lowest BCUT2D eigenvalue weighted by Gasteiger charge is -2.26. The molecule has 0 spiro atoms. The largest absolute Gasteiger partial charge is 0.465 e. The van der Waals surface area contributed by atoms with Crippen LogP contribution in [0, 0.1) is 11.6 Å². The third-order valence-corrected chi connectivity index (χ3v) is 4.34. The van der Waals surface area contributed by atoms with Gasteiger partial charge in [0.15, 0.2) is 0 Å². The van der Waals surface area contributed by atoms with Crippen LogP contribution in [-0.4, -0.2) is 46.7 Å². The van der Waals surface area contributed by atoms with Crippen molar-refractivity contribution in [1.29, 1.82) is 0 Å². The number of carbonyl (C=O) groups is 1. The summed E-state index contributed by atoms with van der Waals surface area (Å²) in [5.74, 6) is -1.55. The first-order chi connectivity index (χ1) is 13.4. The van der Waals surface area contributed by atoms with Crippen LogP contribution in [0.25, 0.3) is 0 Å². The molecule has 28 heavy (non-hydrogen) atoms. The number of carboxylic acid groups (broad SMARTS) is 1. The van der Waals surface area contributed by atoms with Gasteiger partial charge in [-0.2, -0.15) is 0 Å². The predicted molar refractivity (Wildman–Crippen MR) is 99.9 cm³/mol. The molecule has 5 N–H and O–H groups in total. The summed E-state index contributed by atoms with van der Waals surface area (Å²) in [5.41, 5.74) is 1.14. The molecule has 0 aliphatic rings. The second-order valence-electron chi connectivity index (χ2n) is 6.49. The van der Waals surface area contributed by atoms with Crippen molar-refractivity contribution in [2.75, 3.05) is 13.2 Å². The molecule has 1 unspecified atom stereocenters. The number of halogens is 2. The Bertz CT molecular complexity index is 741. The van der Waals surface area contributed by atoms with Crippen molar-refractivity contribution < 1.29 is 28.9 Å². The fourth-order valence-corrected chi connectivity index (χ4v) is 3.03. The number of hydrogen-bond donors (Lipinski definition) is 5. The zero-order valence-corrected chi connectivity index (χ0v) is 15.2. The molecule has 0 heterocycles. The summed E-state index contributed by atoms with van der Waals surface area (Å²) in [6.45, 7) is -0.0513. The number of hydrogen-bond acceptors (Lipinski definition) is 4. The van der Waals surface area contributed by atoms with Crippen molar-refractivity contribution in [1.82, 2.24) is 10.6 Å². The molecule has 0 saturated heterocycles. The van der Waals surface area contributed by atoms with Gasteiger partial charge in [0.25, 0.3) is 0 Å². The Morgan fingerprint density at radius 1 is 1.07 bits per heavy atom. The highest BCUT2D eigenvalue weighted by Crippen LogP contribution is 2.17. The molecule has 2 aromatic rings. The molecule has 8 heteroatoms. The average molecular weight is 394 g/mol. The highest BCUT2D eigenvalue weighted by atomic mass is 19.1. The summed E-state index contributed by atoms with van der Waals surface area (Å²) in [6, 6.07) is 11.0. The third-order valence-electron chi connectivity index (χ3n) is 4.34. The maximum absolute atomic E-state index is 13.4. The number of aliphatic hydroxyl groups excluding tert-OH is 2. The Morgan fingerprint density at radius 3 is 2.29 bits per heavy atom. The Balaban J connectivity index is 2.06. The maximum Gasteiger partial charge on any atom is 0.404 e. The molecule has 1 amide bonds. The van der Waals surface area contributed by atoms with E-state index in [1.165, 1.54) is 0 Å². The van der Waals surface area contributed by atoms with Crippen LogP contribution in [0.15, 0.2) is 48.5 Å². The van der Waals surface area contributed by atoms with Gasteiger partial charge in [0.05, 0.1) is 12.1 Å². The fourth-order valence-electron chi connectivity index (χ4n) is 3.03. The van der Waals surface area contributed by atoms with Crippen LogP contribution in [0.5, 0.6) is 0 Å². The van der Waals surface area contributed by atoms with Gasteiger partial charge < -0.3 is 26.0 Å². The fraction of sp³-hybridized carbons (Fsp3) is 0.350. The normalized spacial score (nSPS) is 14.3. The lowest BCUT2D eigenvalue weighted by molar-refractivity contribution is 0.113. The van der Waals surface area contributed by atoms with Gasteiger partial charge in [-0.3, -0.25) is 0 Å². The molecule has 0 radical (unpaired) electrons. The molecule has 0 saturated carbocycles. The molecule has 0 aliphatic heterocycles. The molecule has 2 aromatic carbocycles. The SMILES string of the molecule is O=C(O)N[C@@H](Cc1cc(F)cc(F)c1)[C@H](O)CNC(CCO)c1ccccc1. The monoisotopic (exact) mass is 394 g/mol. The van der Waals surface area contributed by atoms with Gasteiger partial charge in [-0.1, -0.05) is 30.3 Å². The van der Waals surface area contributed by atoms with Crippen LogP contribution < -0.4 is 10.6 Å². The van der Waals surface area contributed by atoms with Gasteiger partial charge in [-0.05, 0) is 36.1 Å². The van der Waals surface area contributed by atoms with E-state index in [1.807, 2.05) is 30.3 Å². The highest BCUT2D eigenvalue weighted by Gasteiger charge is 2.23. The Morgan fingerprint density at radius 2 is 1.71 bits per heavy atom. The molecule has 0 fully saturated rings. The quantitative estimate of drug-likeness (QED) is 0.425. The average Bonchev–Trinajstić information content (AvgIpc) is 2.64. The van der Waals surface area contributed by atoms with Crippen LogP contribution in [0.3, 0.4) is 0 Å². The molecule has 0 aromatic heterocycles. The molecule has 0 aliphatic carbocycles. The maximum atomic E-state index is 13.4. The van der Waals surface area contributed by atoms with E-state index in [0.29, 0.717) is 6.42 Å². The minimum absolute atomic E-state index is 0.0162. The van der Waals surface area contributed by atoms with Gasteiger partial charge in [0.1, 0.15) is 11.6 Å². The topological polar surface area (TPSA) is 102 Å². The van der Waals surface area contributed by atoms with E-state index in [1.54, 1.807) is 0 Å². The minimum Gasteiger partial charge on any atom is -0.465 e. The van der Waals surface area contributed by atoms with Gasteiger partial charge in [-0.25, -0.2) is 13.6 Å². The van der Waals surface area contributed by atoms with Gasteiger partial charge >= 0.3 is 6.09 Å². The van der Waals surface area contributed by atoms with E-state index in [0.717, 1.165) is 23.8 Å². The zero-order chi connectivity index (χ0) is 20.5. The van der Waals surface area contributed by atoms with Crippen LogP contribution >= 0.6 is 0 Å². The highest BCUT2D eigenvalue weighted by molar-refractivity contribution is 5.65. The zero-order valence-electron chi connectivity index (χ0n) is 15.2. The lowest BCUT2D eigenvalue weighted by atomic mass is 9.99. The number of benzene rings is 2. The van der Waals surface area contributed by atoms with Crippen molar-refractivity contribution in [2.24, 2.45) is 0 Å². The van der Waals surface area contributed by atoms with E-state index < -0.39 is 29.9 Å². The molecular formula is C20H24F2N2O4. The molecule has 0 bridgehead atoms. The first kappa shape index (κ1) is 21.7. The summed E-state index contributed by atoms with van der Waals surface area (Å²) in [4.78, 5) is 11.1. The second kappa shape index (κ2) is 10.7. The van der Waals surface area contributed by atoms with E-state index in [-0.39, 0.29) is 31.2 Å². The lowest BCUT2D eigenvalue weighted by Crippen LogP contribution is -2.48. The standard InChI is InChI=1S/C20H24F2N2O4/c21-15-8-13(9-16(22)11-15)10-18(24-20(27)28)19(26)12-23-17(6-7-25)14-4-2-1-3-5-14/h1-5,8-9,11,17-19,23-26H,6-7,10,12H2,(H,27,28)/t17?,18-,19+/m0/s1. The molecule has 152 valence electrons. The van der Waals surface area contributed by atoms with E-state index in [4.69, 9.17) is 5.11 Å². The van der Waals surface area contributed by atoms with Crippen LogP contribution in [0.4, 0.5) is 13.6 Å². The summed E-state index contributed by atoms with van der Waals surface area (Å²) < 4.78 is 26.8. The summed E-state index contributed by atoms with van der Waals surface area (Å²) in [5, 5.41) is 34.1. The number of rotatable bonds is 10. The smallest absolute Gasteiger partial charge is 0.404 e. The molecule has 3 atom stereocenters. The molecule has 6 nitrogen and oxygen atoms in total. The second-order valence-corrected chi connectivity index (χ2v) is 6.49. The van der Waals surface area contributed by atoms with E-state index in [2.05, 4.69) is 10.6 Å². The first-order valence-electron chi connectivity index (χ1n) is 8.90. The first-order valence-corrected chi connectivity index (χ1v) is 8.90. The minimum atomic E-state index is -1.35. The van der Waals surface area contributed by atoms with E-state index >= 15 is 0 Å². The van der Waals surface area contributed by atoms with Gasteiger partial charge in [0.2, 0.25) is 0 Å². The number of nitrogens with one attached hydrogen (secondary N) is 2. The summed E-state index contributed by atoms with van der Waals surface area (Å²) in [6.07, 6.45) is -2.19. The van der Waals surface area contributed by atoms with E-state index in [9.17, 15) is 23.8 Å².